The fourth-order valence-electron chi connectivity index (χ4n) is 3.94. The van der Waals surface area contributed by atoms with E-state index in [1.807, 2.05) is 18.2 Å². The average molecular weight is 286 g/mol. The summed E-state index contributed by atoms with van der Waals surface area (Å²) in [5.41, 5.74) is -0.633. The molecule has 4 atom stereocenters. The number of carbonyl (C=O) groups is 1. The van der Waals surface area contributed by atoms with Gasteiger partial charge in [0.05, 0.1) is 22.4 Å². The first-order chi connectivity index (χ1) is 9.65. The lowest BCUT2D eigenvalue weighted by molar-refractivity contribution is -0.160. The first kappa shape index (κ1) is 12.7. The standard InChI is InChI=1S/C17H18O2S/c1-16-9-5-10-17(16)11-8-13(19-17)14(15(16)18)20-12-6-3-2-4-7-12/h2-4,6-8,11,13-14H,5,9-10H2,1H3/t13-,14?,16-,17+/m0/s1. The summed E-state index contributed by atoms with van der Waals surface area (Å²) in [5, 5.41) is -0.104. The topological polar surface area (TPSA) is 26.3 Å². The van der Waals surface area contributed by atoms with Crippen molar-refractivity contribution in [1.82, 2.24) is 0 Å². The van der Waals surface area contributed by atoms with Crippen molar-refractivity contribution in [2.45, 2.75) is 48.0 Å². The summed E-state index contributed by atoms with van der Waals surface area (Å²) in [5.74, 6) is 0.380. The maximum atomic E-state index is 13.0. The van der Waals surface area contributed by atoms with E-state index in [0.29, 0.717) is 5.78 Å². The van der Waals surface area contributed by atoms with Gasteiger partial charge in [0.1, 0.15) is 0 Å². The zero-order chi connectivity index (χ0) is 13.8. The summed E-state index contributed by atoms with van der Waals surface area (Å²) in [4.78, 5) is 14.2. The minimum absolute atomic E-state index is 0.0566. The maximum absolute atomic E-state index is 13.0. The SMILES string of the molecule is C[C@@]12CCC[C@@]13C=C[C@H](O3)C(Sc1ccccc1)C2=O. The van der Waals surface area contributed by atoms with Crippen LogP contribution >= 0.6 is 11.8 Å². The van der Waals surface area contributed by atoms with Crippen LogP contribution in [0.15, 0.2) is 47.4 Å². The molecule has 2 nitrogen and oxygen atoms in total. The number of hydrogen-bond donors (Lipinski definition) is 0. The second kappa shape index (κ2) is 4.22. The highest BCUT2D eigenvalue weighted by atomic mass is 32.2. The highest BCUT2D eigenvalue weighted by Gasteiger charge is 2.64. The van der Waals surface area contributed by atoms with Crippen LogP contribution in [0.4, 0.5) is 0 Å². The Hall–Kier alpha value is -1.06. The Kier molecular flexibility index (Phi) is 2.67. The quantitative estimate of drug-likeness (QED) is 0.777. The van der Waals surface area contributed by atoms with Crippen LogP contribution in [-0.4, -0.2) is 22.7 Å². The molecule has 1 spiro atoms. The molecule has 1 aromatic rings. The van der Waals surface area contributed by atoms with Crippen LogP contribution in [0.5, 0.6) is 0 Å². The van der Waals surface area contributed by atoms with Gasteiger partial charge in [-0.25, -0.2) is 0 Å². The Morgan fingerprint density at radius 1 is 1.25 bits per heavy atom. The van der Waals surface area contributed by atoms with E-state index in [1.165, 1.54) is 0 Å². The molecule has 1 saturated heterocycles. The molecule has 1 aromatic carbocycles. The lowest BCUT2D eigenvalue weighted by Crippen LogP contribution is -2.57. The fraction of sp³-hybridized carbons (Fsp3) is 0.471. The van der Waals surface area contributed by atoms with Crippen LogP contribution in [0.2, 0.25) is 0 Å². The molecule has 1 unspecified atom stereocenters. The third-order valence-corrected chi connectivity index (χ3v) is 6.45. The predicted octanol–water partition coefficient (Wildman–Crippen LogP) is 3.61. The lowest BCUT2D eigenvalue weighted by atomic mass is 9.71. The van der Waals surface area contributed by atoms with Crippen LogP contribution in [0.25, 0.3) is 0 Å². The Bertz CT molecular complexity index is 582. The van der Waals surface area contributed by atoms with Crippen molar-refractivity contribution < 1.29 is 9.53 Å². The van der Waals surface area contributed by atoms with E-state index in [9.17, 15) is 4.79 Å². The molecule has 3 heteroatoms. The third-order valence-electron chi connectivity index (χ3n) is 5.17. The number of ether oxygens (including phenoxy) is 1. The van der Waals surface area contributed by atoms with Gasteiger partial charge >= 0.3 is 0 Å². The van der Waals surface area contributed by atoms with Gasteiger partial charge in [0.15, 0.2) is 5.78 Å². The average Bonchev–Trinajstić information content (AvgIpc) is 3.02. The number of benzene rings is 1. The first-order valence-corrected chi connectivity index (χ1v) is 8.16. The van der Waals surface area contributed by atoms with E-state index >= 15 is 0 Å². The number of Topliss-reactive ketones (excluding diaryl/α,β-unsaturated/α-hetero) is 1. The van der Waals surface area contributed by atoms with E-state index in [4.69, 9.17) is 4.74 Å². The summed E-state index contributed by atoms with van der Waals surface area (Å²) in [6, 6.07) is 10.2. The van der Waals surface area contributed by atoms with E-state index < -0.39 is 0 Å². The van der Waals surface area contributed by atoms with E-state index in [-0.39, 0.29) is 22.4 Å². The molecule has 2 heterocycles. The number of hydrogen-bond acceptors (Lipinski definition) is 3. The van der Waals surface area contributed by atoms with Crippen LogP contribution < -0.4 is 0 Å². The summed E-state index contributed by atoms with van der Waals surface area (Å²) < 4.78 is 6.31. The number of ketones is 1. The molecule has 1 saturated carbocycles. The number of thioether (sulfide) groups is 1. The van der Waals surface area contributed by atoms with Crippen LogP contribution in [-0.2, 0) is 9.53 Å². The molecule has 1 aliphatic carbocycles. The highest BCUT2D eigenvalue weighted by Crippen LogP contribution is 2.58. The molecule has 4 rings (SSSR count). The van der Waals surface area contributed by atoms with Gasteiger partial charge in [-0.15, -0.1) is 11.8 Å². The lowest BCUT2D eigenvalue weighted by Gasteiger charge is -2.46. The fourth-order valence-corrected chi connectivity index (χ4v) is 5.20. The minimum Gasteiger partial charge on any atom is -0.361 e. The predicted molar refractivity (Wildman–Crippen MR) is 79.8 cm³/mol. The largest absolute Gasteiger partial charge is 0.361 e. The molecule has 2 bridgehead atoms. The Balaban J connectivity index is 1.69. The molecule has 3 aliphatic rings. The number of rotatable bonds is 2. The van der Waals surface area contributed by atoms with Crippen molar-refractivity contribution in [3.63, 3.8) is 0 Å². The molecule has 20 heavy (non-hydrogen) atoms. The van der Waals surface area contributed by atoms with Crippen molar-refractivity contribution in [3.05, 3.63) is 42.5 Å². The summed E-state index contributed by atoms with van der Waals surface area (Å²) in [7, 11) is 0. The smallest absolute Gasteiger partial charge is 0.158 e. The van der Waals surface area contributed by atoms with Crippen LogP contribution in [0, 0.1) is 5.41 Å². The molecule has 0 radical (unpaired) electrons. The Morgan fingerprint density at radius 2 is 2.05 bits per heavy atom. The van der Waals surface area contributed by atoms with Crippen molar-refractivity contribution in [2.75, 3.05) is 0 Å². The van der Waals surface area contributed by atoms with Gasteiger partial charge in [0.25, 0.3) is 0 Å². The third kappa shape index (κ3) is 1.54. The normalized spacial score (nSPS) is 42.0. The van der Waals surface area contributed by atoms with E-state index in [0.717, 1.165) is 24.2 Å². The summed E-state index contributed by atoms with van der Waals surface area (Å²) >= 11 is 1.65. The van der Waals surface area contributed by atoms with Crippen molar-refractivity contribution in [1.29, 1.82) is 0 Å². The van der Waals surface area contributed by atoms with Crippen molar-refractivity contribution in [2.24, 2.45) is 5.41 Å². The minimum atomic E-state index is -0.330. The molecule has 0 aromatic heterocycles. The van der Waals surface area contributed by atoms with Crippen molar-refractivity contribution in [3.8, 4) is 0 Å². The maximum Gasteiger partial charge on any atom is 0.158 e. The van der Waals surface area contributed by atoms with Gasteiger partial charge in [0, 0.05) is 4.90 Å². The number of carbonyl (C=O) groups excluding carboxylic acids is 1. The Labute approximate surface area is 123 Å². The second-order valence-corrected chi connectivity index (χ2v) is 7.45. The van der Waals surface area contributed by atoms with Gasteiger partial charge < -0.3 is 4.74 Å². The zero-order valence-electron chi connectivity index (χ0n) is 11.5. The Morgan fingerprint density at radius 3 is 2.85 bits per heavy atom. The summed E-state index contributed by atoms with van der Waals surface area (Å²) in [6.07, 6.45) is 7.27. The van der Waals surface area contributed by atoms with Crippen LogP contribution in [0.1, 0.15) is 26.2 Å². The molecular formula is C17H18O2S. The molecular weight excluding hydrogens is 268 g/mol. The number of fused-ring (bicyclic) bond motifs is 1. The van der Waals surface area contributed by atoms with Crippen LogP contribution in [0.3, 0.4) is 0 Å². The highest BCUT2D eigenvalue weighted by molar-refractivity contribution is 8.00. The zero-order valence-corrected chi connectivity index (χ0v) is 12.4. The van der Waals surface area contributed by atoms with Gasteiger partial charge in [-0.3, -0.25) is 4.79 Å². The van der Waals surface area contributed by atoms with Gasteiger partial charge in [-0.1, -0.05) is 30.4 Å². The van der Waals surface area contributed by atoms with Gasteiger partial charge in [-0.2, -0.15) is 0 Å². The first-order valence-electron chi connectivity index (χ1n) is 7.28. The monoisotopic (exact) mass is 286 g/mol. The molecule has 104 valence electrons. The van der Waals surface area contributed by atoms with Gasteiger partial charge in [-0.05, 0) is 38.3 Å². The van der Waals surface area contributed by atoms with E-state index in [1.54, 1.807) is 11.8 Å². The molecule has 0 amide bonds. The summed E-state index contributed by atoms with van der Waals surface area (Å²) in [6.45, 7) is 2.10. The van der Waals surface area contributed by atoms with Crippen molar-refractivity contribution >= 4 is 17.5 Å². The van der Waals surface area contributed by atoms with E-state index in [2.05, 4.69) is 31.2 Å². The van der Waals surface area contributed by atoms with Gasteiger partial charge in [0.2, 0.25) is 0 Å². The molecule has 2 aliphatic heterocycles. The second-order valence-electron chi connectivity index (χ2n) is 6.23. The molecule has 2 fully saturated rings. The molecule has 0 N–H and O–H groups in total.